The number of thiol groups is 1. The highest BCUT2D eigenvalue weighted by Crippen LogP contribution is 2.12. The normalized spacial score (nSPS) is 10.2. The Hall–Kier alpha value is -1.43. The molecule has 0 amide bonds. The molecular formula is C8H7FO4S. The average molecular weight is 218 g/mol. The van der Waals surface area contributed by atoms with Gasteiger partial charge in [0.1, 0.15) is 5.82 Å². The Morgan fingerprint density at radius 2 is 2.07 bits per heavy atom. The second kappa shape index (κ2) is 4.19. The van der Waals surface area contributed by atoms with Crippen LogP contribution in [-0.4, -0.2) is 21.5 Å². The van der Waals surface area contributed by atoms with Crippen molar-refractivity contribution >= 4 is 16.7 Å². The predicted octanol–water partition coefficient (Wildman–Crippen LogP) is 0.583. The van der Waals surface area contributed by atoms with Gasteiger partial charge in [0.15, 0.2) is 10.7 Å². The van der Waals surface area contributed by atoms with E-state index in [1.165, 1.54) is 0 Å². The summed E-state index contributed by atoms with van der Waals surface area (Å²) < 4.78 is 38.3. The molecule has 0 spiro atoms. The Kier molecular flexibility index (Phi) is 3.19. The largest absolute Gasteiger partial charge is 0.465 e. The van der Waals surface area contributed by atoms with E-state index in [2.05, 4.69) is 4.74 Å². The van der Waals surface area contributed by atoms with Gasteiger partial charge >= 0.3 is 5.97 Å². The first kappa shape index (κ1) is 10.6. The zero-order valence-corrected chi connectivity index (χ0v) is 8.08. The van der Waals surface area contributed by atoms with Crippen LogP contribution in [0.25, 0.3) is 0 Å². The number of rotatable bonds is 2. The molecule has 0 heterocycles. The molecule has 6 heteroatoms. The average Bonchev–Trinajstić information content (AvgIpc) is 2.17. The molecule has 0 saturated heterocycles. The summed E-state index contributed by atoms with van der Waals surface area (Å²) in [5, 5.41) is 0. The lowest BCUT2D eigenvalue weighted by molar-refractivity contribution is 0.0595. The number of carbonyl (C=O) groups excluding carboxylic acids is 1. The van der Waals surface area contributed by atoms with Crippen molar-refractivity contribution in [1.29, 1.82) is 0 Å². The van der Waals surface area contributed by atoms with E-state index in [9.17, 15) is 17.6 Å². The number of benzene rings is 1. The van der Waals surface area contributed by atoms with Gasteiger partial charge < -0.3 is 4.74 Å². The first-order chi connectivity index (χ1) is 6.56. The van der Waals surface area contributed by atoms with Gasteiger partial charge in [-0.3, -0.25) is 0 Å². The highest BCUT2D eigenvalue weighted by Gasteiger charge is 2.13. The highest BCUT2D eigenvalue weighted by atomic mass is 32.2. The monoisotopic (exact) mass is 218 g/mol. The van der Waals surface area contributed by atoms with Crippen LogP contribution in [0.3, 0.4) is 0 Å². The van der Waals surface area contributed by atoms with Gasteiger partial charge in [-0.25, -0.2) is 17.6 Å². The molecule has 14 heavy (non-hydrogen) atoms. The molecule has 0 aliphatic carbocycles. The second-order valence-corrected chi connectivity index (χ2v) is 3.44. The van der Waals surface area contributed by atoms with Crippen LogP contribution in [0.5, 0.6) is 0 Å². The molecule has 1 aromatic carbocycles. The van der Waals surface area contributed by atoms with E-state index in [0.717, 1.165) is 25.3 Å². The fraction of sp³-hybridized carbons (Fsp3) is 0.125. The van der Waals surface area contributed by atoms with E-state index in [4.69, 9.17) is 0 Å². The number of halogens is 1. The van der Waals surface area contributed by atoms with Gasteiger partial charge in [0, 0.05) is 0 Å². The first-order valence-electron chi connectivity index (χ1n) is 3.58. The number of carbonyl (C=O) groups is 1. The van der Waals surface area contributed by atoms with Crippen LogP contribution in [0.2, 0.25) is 0 Å². The Balaban J connectivity index is 3.28. The van der Waals surface area contributed by atoms with Gasteiger partial charge in [0.25, 0.3) is 0 Å². The molecule has 0 aliphatic rings. The van der Waals surface area contributed by atoms with Crippen molar-refractivity contribution in [3.05, 3.63) is 29.6 Å². The van der Waals surface area contributed by atoms with Gasteiger partial charge in [0.05, 0.1) is 17.6 Å². The van der Waals surface area contributed by atoms with Gasteiger partial charge in [-0.2, -0.15) is 0 Å². The minimum atomic E-state index is -2.83. The zero-order chi connectivity index (χ0) is 10.7. The van der Waals surface area contributed by atoms with Crippen molar-refractivity contribution in [3.8, 4) is 0 Å². The molecule has 0 fully saturated rings. The van der Waals surface area contributed by atoms with Crippen LogP contribution in [0.4, 0.5) is 4.39 Å². The van der Waals surface area contributed by atoms with Crippen molar-refractivity contribution in [2.45, 2.75) is 4.90 Å². The van der Waals surface area contributed by atoms with Crippen molar-refractivity contribution in [2.24, 2.45) is 0 Å². The van der Waals surface area contributed by atoms with E-state index in [-0.39, 0.29) is 10.5 Å². The fourth-order valence-electron chi connectivity index (χ4n) is 0.893. The summed E-state index contributed by atoms with van der Waals surface area (Å²) in [6.45, 7) is 0. The van der Waals surface area contributed by atoms with Crippen LogP contribution in [0.1, 0.15) is 10.4 Å². The molecule has 0 saturated carbocycles. The van der Waals surface area contributed by atoms with Crippen LogP contribution in [0.15, 0.2) is 23.1 Å². The maximum atomic E-state index is 13.0. The van der Waals surface area contributed by atoms with Crippen molar-refractivity contribution in [2.75, 3.05) is 7.11 Å². The number of hydrogen-bond acceptors (Lipinski definition) is 4. The van der Waals surface area contributed by atoms with Gasteiger partial charge in [-0.1, -0.05) is 0 Å². The number of esters is 1. The number of methoxy groups -OCH3 is 1. The maximum absolute atomic E-state index is 13.0. The molecule has 0 atom stereocenters. The summed E-state index contributed by atoms with van der Waals surface area (Å²) in [5.41, 5.74) is -0.385. The number of ether oxygens (including phenoxy) is 1. The smallest absolute Gasteiger partial charge is 0.340 e. The standard InChI is InChI=1S/C8H7FO4S/c1-13-8(10)6-4-5(14(11)12)2-3-7(6)9/h2-4,14H,1H3. The first-order valence-corrected chi connectivity index (χ1v) is 4.76. The maximum Gasteiger partial charge on any atom is 0.340 e. The summed E-state index contributed by atoms with van der Waals surface area (Å²) in [7, 11) is -1.74. The molecule has 0 bridgehead atoms. The highest BCUT2D eigenvalue weighted by molar-refractivity contribution is 7.72. The van der Waals surface area contributed by atoms with Gasteiger partial charge in [-0.15, -0.1) is 0 Å². The van der Waals surface area contributed by atoms with Crippen LogP contribution in [0, 0.1) is 5.82 Å². The molecule has 0 aromatic heterocycles. The molecule has 0 N–H and O–H groups in total. The van der Waals surface area contributed by atoms with Crippen LogP contribution >= 0.6 is 0 Å². The minimum absolute atomic E-state index is 0.123. The van der Waals surface area contributed by atoms with Gasteiger partial charge in [0.2, 0.25) is 0 Å². The Bertz CT molecular complexity index is 431. The third kappa shape index (κ3) is 2.08. The molecule has 0 radical (unpaired) electrons. The fourth-order valence-corrected chi connectivity index (χ4v) is 1.32. The number of hydrogen-bond donors (Lipinski definition) is 1. The lowest BCUT2D eigenvalue weighted by Crippen LogP contribution is -2.04. The Morgan fingerprint density at radius 1 is 1.43 bits per heavy atom. The minimum Gasteiger partial charge on any atom is -0.465 e. The molecule has 0 aliphatic heterocycles. The molecule has 4 nitrogen and oxygen atoms in total. The van der Waals surface area contributed by atoms with E-state index in [1.54, 1.807) is 0 Å². The topological polar surface area (TPSA) is 60.4 Å². The van der Waals surface area contributed by atoms with E-state index in [0.29, 0.717) is 0 Å². The predicted molar refractivity (Wildman–Crippen MR) is 46.3 cm³/mol. The summed E-state index contributed by atoms with van der Waals surface area (Å²) in [5.74, 6) is -1.71. The molecule has 76 valence electrons. The lowest BCUT2D eigenvalue weighted by atomic mass is 10.2. The van der Waals surface area contributed by atoms with E-state index >= 15 is 0 Å². The van der Waals surface area contributed by atoms with Crippen LogP contribution < -0.4 is 0 Å². The molecular weight excluding hydrogens is 211 g/mol. The second-order valence-electron chi connectivity index (χ2n) is 2.41. The van der Waals surface area contributed by atoms with Crippen molar-refractivity contribution in [1.82, 2.24) is 0 Å². The summed E-state index contributed by atoms with van der Waals surface area (Å²) >= 11 is 0. The van der Waals surface area contributed by atoms with Crippen molar-refractivity contribution < 1.29 is 22.3 Å². The molecule has 1 rings (SSSR count). The zero-order valence-electron chi connectivity index (χ0n) is 7.19. The third-order valence-electron chi connectivity index (χ3n) is 1.57. The van der Waals surface area contributed by atoms with Gasteiger partial charge in [-0.05, 0) is 18.2 Å². The molecule has 0 unspecified atom stereocenters. The summed E-state index contributed by atoms with van der Waals surface area (Å²) in [6, 6.07) is 2.92. The van der Waals surface area contributed by atoms with E-state index in [1.807, 2.05) is 0 Å². The Labute approximate surface area is 81.3 Å². The summed E-state index contributed by atoms with van der Waals surface area (Å²) in [4.78, 5) is 10.8. The Morgan fingerprint density at radius 3 is 2.57 bits per heavy atom. The third-order valence-corrected chi connectivity index (χ3v) is 2.27. The van der Waals surface area contributed by atoms with Crippen LogP contribution in [-0.2, 0) is 15.4 Å². The quantitative estimate of drug-likeness (QED) is 0.582. The summed E-state index contributed by atoms with van der Waals surface area (Å²) in [6.07, 6.45) is 0. The lowest BCUT2D eigenvalue weighted by Gasteiger charge is -2.00. The van der Waals surface area contributed by atoms with Crippen molar-refractivity contribution in [3.63, 3.8) is 0 Å². The van der Waals surface area contributed by atoms with E-state index < -0.39 is 22.5 Å². The SMILES string of the molecule is COC(=O)c1cc([SH](=O)=O)ccc1F. The molecule has 1 aromatic rings.